The molecule has 0 aliphatic carbocycles. The van der Waals surface area contributed by atoms with E-state index >= 15 is 0 Å². The summed E-state index contributed by atoms with van der Waals surface area (Å²) in [5.74, 6) is -3.27. The topological polar surface area (TPSA) is 68.7 Å². The number of benzene rings is 2. The molecule has 0 radical (unpaired) electrons. The van der Waals surface area contributed by atoms with Crippen molar-refractivity contribution in [2.45, 2.75) is 31.5 Å². The van der Waals surface area contributed by atoms with Crippen molar-refractivity contribution in [1.82, 2.24) is 4.98 Å². The van der Waals surface area contributed by atoms with Crippen LogP contribution < -0.4 is 9.47 Å². The van der Waals surface area contributed by atoms with Gasteiger partial charge >= 0.3 is 12.1 Å². The second kappa shape index (κ2) is 10.5. The van der Waals surface area contributed by atoms with E-state index in [1.54, 1.807) is 6.07 Å². The van der Waals surface area contributed by atoms with E-state index in [0.29, 0.717) is 22.6 Å². The van der Waals surface area contributed by atoms with Crippen LogP contribution in [0.2, 0.25) is 10.2 Å². The Balaban J connectivity index is 1.82. The van der Waals surface area contributed by atoms with Gasteiger partial charge in [0.05, 0.1) is 18.6 Å². The number of carboxylic acid groups (broad SMARTS) is 1. The fourth-order valence-corrected chi connectivity index (χ4v) is 4.20. The third-order valence-corrected chi connectivity index (χ3v) is 5.89. The van der Waals surface area contributed by atoms with E-state index in [9.17, 15) is 18.0 Å². The van der Waals surface area contributed by atoms with Crippen LogP contribution in [0, 0.1) is 0 Å². The molecule has 2 unspecified atom stereocenters. The molecule has 10 heteroatoms. The summed E-state index contributed by atoms with van der Waals surface area (Å²) in [4.78, 5) is 14.9. The van der Waals surface area contributed by atoms with E-state index in [-0.39, 0.29) is 27.9 Å². The quantitative estimate of drug-likeness (QED) is 0.324. The Kier molecular flexibility index (Phi) is 7.94. The van der Waals surface area contributed by atoms with E-state index < -0.39 is 24.0 Å². The van der Waals surface area contributed by atoms with Gasteiger partial charge in [0.1, 0.15) is 23.3 Å². The van der Waals surface area contributed by atoms with Gasteiger partial charge in [-0.3, -0.25) is 0 Å². The van der Waals surface area contributed by atoms with Crippen molar-refractivity contribution in [2.24, 2.45) is 0 Å². The minimum Gasteiger partial charge on any atom is -0.496 e. The van der Waals surface area contributed by atoms with Crippen LogP contribution >= 0.6 is 23.2 Å². The van der Waals surface area contributed by atoms with Crippen molar-refractivity contribution in [3.8, 4) is 11.5 Å². The Bertz CT molecular complexity index is 1190. The zero-order valence-electron chi connectivity index (χ0n) is 18.1. The fourth-order valence-electron chi connectivity index (χ4n) is 3.68. The van der Waals surface area contributed by atoms with Gasteiger partial charge in [-0.2, -0.15) is 13.2 Å². The number of methoxy groups -OCH3 is 1. The van der Waals surface area contributed by atoms with Crippen LogP contribution in [-0.4, -0.2) is 29.3 Å². The van der Waals surface area contributed by atoms with E-state index in [1.807, 2.05) is 0 Å². The van der Waals surface area contributed by atoms with E-state index in [2.05, 4.69) is 4.98 Å². The predicted molar refractivity (Wildman–Crippen MR) is 122 cm³/mol. The summed E-state index contributed by atoms with van der Waals surface area (Å²) in [6.45, 7) is 1.48. The summed E-state index contributed by atoms with van der Waals surface area (Å²) >= 11 is 12.2. The fraction of sp³-hybridized carbons (Fsp3) is 0.250. The monoisotopic (exact) mass is 513 g/mol. The maximum atomic E-state index is 14.0. The Morgan fingerprint density at radius 2 is 1.85 bits per heavy atom. The summed E-state index contributed by atoms with van der Waals surface area (Å²) in [5.41, 5.74) is 0.949. The van der Waals surface area contributed by atoms with Crippen LogP contribution in [0.3, 0.4) is 0 Å². The number of hydrogen-bond acceptors (Lipinski definition) is 4. The molecule has 3 aromatic rings. The highest BCUT2D eigenvalue weighted by Crippen LogP contribution is 2.46. The molecule has 2 aromatic carbocycles. The number of carbonyl (C=O) groups is 1. The molecule has 5 nitrogen and oxygen atoms in total. The van der Waals surface area contributed by atoms with Crippen LogP contribution in [0.5, 0.6) is 11.5 Å². The lowest BCUT2D eigenvalue weighted by Gasteiger charge is -2.28. The largest absolute Gasteiger partial charge is 0.496 e. The van der Waals surface area contributed by atoms with E-state index in [4.69, 9.17) is 37.8 Å². The average molecular weight is 514 g/mol. The number of aromatic carboxylic acids is 1. The van der Waals surface area contributed by atoms with Gasteiger partial charge in [-0.25, -0.2) is 9.78 Å². The molecule has 0 amide bonds. The molecule has 2 atom stereocenters. The second-order valence-corrected chi connectivity index (χ2v) is 8.32. The molecular formula is C24H20Cl2F3NO4. The molecule has 1 aromatic heterocycles. The molecule has 1 N–H and O–H groups in total. The lowest BCUT2D eigenvalue weighted by atomic mass is 9.82. The molecule has 0 aliphatic heterocycles. The first-order valence-corrected chi connectivity index (χ1v) is 10.8. The smallest absolute Gasteiger partial charge is 0.396 e. The zero-order chi connectivity index (χ0) is 25.0. The maximum absolute atomic E-state index is 14.0. The van der Waals surface area contributed by atoms with Gasteiger partial charge in [-0.05, 0) is 53.4 Å². The third kappa shape index (κ3) is 5.93. The number of ether oxygens (including phenoxy) is 2. The van der Waals surface area contributed by atoms with Gasteiger partial charge in [-0.15, -0.1) is 0 Å². The SMILES string of the molecule is COc1cc(C(=O)O)ccc1COc1ccc(C(C)C(c2ccnc(Cl)c2)C(F)(F)F)c(Cl)c1. The highest BCUT2D eigenvalue weighted by molar-refractivity contribution is 6.31. The van der Waals surface area contributed by atoms with Crippen molar-refractivity contribution in [3.05, 3.63) is 87.2 Å². The first-order chi connectivity index (χ1) is 16.0. The number of alkyl halides is 3. The molecule has 34 heavy (non-hydrogen) atoms. The van der Waals surface area contributed by atoms with Gasteiger partial charge < -0.3 is 14.6 Å². The zero-order valence-corrected chi connectivity index (χ0v) is 19.6. The summed E-state index contributed by atoms with van der Waals surface area (Å²) in [6, 6.07) is 11.3. The first-order valence-electron chi connectivity index (χ1n) is 10.0. The molecule has 0 saturated heterocycles. The van der Waals surface area contributed by atoms with E-state index in [1.165, 1.54) is 62.7 Å². The van der Waals surface area contributed by atoms with Crippen molar-refractivity contribution < 1.29 is 32.5 Å². The highest BCUT2D eigenvalue weighted by atomic mass is 35.5. The van der Waals surface area contributed by atoms with Gasteiger partial charge in [0.2, 0.25) is 0 Å². The second-order valence-electron chi connectivity index (χ2n) is 7.52. The molecule has 1 heterocycles. The molecule has 3 rings (SSSR count). The normalized spacial score (nSPS) is 13.3. The number of hydrogen-bond donors (Lipinski definition) is 1. The standard InChI is InChI=1S/C24H20Cl2F3NO4/c1-13(22(24(27,28)29)14-7-8-30-21(26)10-14)18-6-5-17(11-19(18)25)34-12-16-4-3-15(23(31)32)9-20(16)33-2/h3-11,13,22H,12H2,1-2H3,(H,31,32). The van der Waals surface area contributed by atoms with Crippen molar-refractivity contribution in [2.75, 3.05) is 7.11 Å². The summed E-state index contributed by atoms with van der Waals surface area (Å²) in [7, 11) is 1.41. The van der Waals surface area contributed by atoms with Gasteiger partial charge in [0.25, 0.3) is 0 Å². The van der Waals surface area contributed by atoms with Crippen molar-refractivity contribution in [3.63, 3.8) is 0 Å². The maximum Gasteiger partial charge on any atom is 0.396 e. The molecular weight excluding hydrogens is 494 g/mol. The van der Waals surface area contributed by atoms with Gasteiger partial charge in [-0.1, -0.05) is 42.3 Å². The summed E-state index contributed by atoms with van der Waals surface area (Å²) in [6.07, 6.45) is -3.31. The number of nitrogens with zero attached hydrogens (tertiary/aromatic N) is 1. The van der Waals surface area contributed by atoms with Crippen LogP contribution in [0.15, 0.2) is 54.7 Å². The summed E-state index contributed by atoms with van der Waals surface area (Å²) < 4.78 is 52.8. The Hall–Kier alpha value is -2.97. The minimum atomic E-state index is -4.54. The molecule has 0 bridgehead atoms. The highest BCUT2D eigenvalue weighted by Gasteiger charge is 2.45. The molecule has 0 fully saturated rings. The molecule has 180 valence electrons. The average Bonchev–Trinajstić information content (AvgIpc) is 2.76. The molecule has 0 saturated carbocycles. The number of carboxylic acids is 1. The molecule has 0 spiro atoms. The lowest BCUT2D eigenvalue weighted by molar-refractivity contribution is -0.154. The van der Waals surface area contributed by atoms with E-state index in [0.717, 1.165) is 0 Å². The van der Waals surface area contributed by atoms with Gasteiger partial charge in [0.15, 0.2) is 0 Å². The minimum absolute atomic E-state index is 0.00621. The first kappa shape index (κ1) is 25.6. The van der Waals surface area contributed by atoms with Crippen molar-refractivity contribution in [1.29, 1.82) is 0 Å². The third-order valence-electron chi connectivity index (χ3n) is 5.35. The lowest BCUT2D eigenvalue weighted by Crippen LogP contribution is -2.26. The number of rotatable bonds is 8. The van der Waals surface area contributed by atoms with Crippen molar-refractivity contribution >= 4 is 29.2 Å². The Morgan fingerprint density at radius 1 is 1.12 bits per heavy atom. The van der Waals surface area contributed by atoms with Crippen LogP contribution in [0.25, 0.3) is 0 Å². The Labute approximate surface area is 204 Å². The van der Waals surface area contributed by atoms with Gasteiger partial charge in [0, 0.05) is 16.8 Å². The number of pyridine rings is 1. The predicted octanol–water partition coefficient (Wildman–Crippen LogP) is 7.12. The summed E-state index contributed by atoms with van der Waals surface area (Å²) in [5, 5.41) is 9.19. The molecule has 0 aliphatic rings. The van der Waals surface area contributed by atoms with Crippen LogP contribution in [-0.2, 0) is 6.61 Å². The Morgan fingerprint density at radius 3 is 2.44 bits per heavy atom. The van der Waals surface area contributed by atoms with Crippen LogP contribution in [0.1, 0.15) is 45.8 Å². The van der Waals surface area contributed by atoms with Crippen LogP contribution in [0.4, 0.5) is 13.2 Å². The number of aromatic nitrogens is 1. The number of halogens is 5.